The minimum atomic E-state index is -0.313. The van der Waals surface area contributed by atoms with Gasteiger partial charge in [0.05, 0.1) is 0 Å². The number of hydrogen-bond donors (Lipinski definition) is 0. The number of carbonyl (C=O) groups excluding carboxylic acids is 8. The minimum Gasteiger partial charge on any atom is -0.277 e. The largest absolute Gasteiger partial charge is 0.277 e. The molecule has 384 valence electrons. The molecule has 12 heteroatoms. The van der Waals surface area contributed by atoms with Gasteiger partial charge in [0.1, 0.15) is 0 Å². The number of nitrogens with zero attached hydrogens (tertiary/aromatic N) is 4. The molecule has 4 aliphatic rings. The zero-order valence-electron chi connectivity index (χ0n) is 44.1. The number of hydrogen-bond acceptors (Lipinski definition) is 8. The van der Waals surface area contributed by atoms with Crippen LogP contribution in [0.25, 0.3) is 86.2 Å². The van der Waals surface area contributed by atoms with Crippen LogP contribution in [0, 0.1) is 0 Å². The summed E-state index contributed by atoms with van der Waals surface area (Å²) in [6.07, 6.45) is 9.59. The van der Waals surface area contributed by atoms with Crippen molar-refractivity contribution in [3.8, 4) is 0 Å². The lowest BCUT2D eigenvalue weighted by atomic mass is 9.82. The molecule has 0 spiro atoms. The maximum atomic E-state index is 13.4. The molecule has 12 nitrogen and oxygen atoms in total. The van der Waals surface area contributed by atoms with Gasteiger partial charge in [0.15, 0.2) is 0 Å². The van der Waals surface area contributed by atoms with Crippen molar-refractivity contribution < 1.29 is 38.4 Å². The molecule has 0 radical (unpaired) electrons. The number of fused-ring (bicyclic) bond motifs is 4. The van der Waals surface area contributed by atoms with Gasteiger partial charge in [-0.15, -0.1) is 0 Å². The number of amides is 8. The van der Waals surface area contributed by atoms with Gasteiger partial charge in [-0.2, -0.15) is 0 Å². The molecule has 0 aromatic heterocycles. The molecule has 0 unspecified atom stereocenters. The maximum Gasteiger partial charge on any atom is 0.261 e. The summed E-state index contributed by atoms with van der Waals surface area (Å²) >= 11 is 0. The van der Waals surface area contributed by atoms with E-state index < -0.39 is 0 Å². The third kappa shape index (κ3) is 6.96. The van der Waals surface area contributed by atoms with Crippen LogP contribution in [-0.2, 0) is 0 Å². The third-order valence-corrected chi connectivity index (χ3v) is 16.5. The van der Waals surface area contributed by atoms with E-state index in [1.165, 1.54) is 43.2 Å². The second-order valence-electron chi connectivity index (χ2n) is 20.9. The molecule has 0 saturated carbocycles. The predicted octanol–water partition coefficient (Wildman–Crippen LogP) is 13.7. The summed E-state index contributed by atoms with van der Waals surface area (Å²) < 4.78 is 0. The summed E-state index contributed by atoms with van der Waals surface area (Å²) in [7, 11) is 3.01. The summed E-state index contributed by atoms with van der Waals surface area (Å²) in [5.41, 5.74) is 4.21. The smallest absolute Gasteiger partial charge is 0.261 e. The van der Waals surface area contributed by atoms with Crippen molar-refractivity contribution in [1.82, 2.24) is 19.6 Å². The Hall–Kier alpha value is -8.64. The van der Waals surface area contributed by atoms with Crippen molar-refractivity contribution in [2.75, 3.05) is 27.2 Å². The highest BCUT2D eigenvalue weighted by Crippen LogP contribution is 2.48. The van der Waals surface area contributed by atoms with Crippen LogP contribution in [0.3, 0.4) is 0 Å². The first-order valence-corrected chi connectivity index (χ1v) is 27.1. The Balaban J connectivity index is 0.000000142. The SMILES string of the molecule is CCCCC.CCCCCN1C(=O)c2ccc3c4ccc5c6c(ccc(c7ccc(c2c37)C1=O)c64)C(=O)N(C)C5=O.CCCCCN1C(=O)c2ccc3c4ccc5c6c(ccc(c7ccc(c2c37)C1=O)c64)C(=O)N(C)C5=O. The second kappa shape index (κ2) is 18.6. The molecule has 0 aliphatic carbocycles. The van der Waals surface area contributed by atoms with Gasteiger partial charge in [-0.1, -0.05) is 121 Å². The molecule has 10 aromatic carbocycles. The van der Waals surface area contributed by atoms with E-state index in [9.17, 15) is 38.4 Å². The Bertz CT molecular complexity index is 3790. The molecule has 10 aromatic rings. The summed E-state index contributed by atoms with van der Waals surface area (Å²) in [5.74, 6) is -2.24. The van der Waals surface area contributed by atoms with Crippen molar-refractivity contribution in [3.05, 3.63) is 142 Å². The Morgan fingerprint density at radius 3 is 0.623 bits per heavy atom. The van der Waals surface area contributed by atoms with Gasteiger partial charge < -0.3 is 0 Å². The van der Waals surface area contributed by atoms with Crippen LogP contribution in [0.2, 0.25) is 0 Å². The molecule has 8 amide bonds. The van der Waals surface area contributed by atoms with E-state index in [0.29, 0.717) is 79.1 Å². The fourth-order valence-corrected chi connectivity index (χ4v) is 12.7. The predicted molar refractivity (Wildman–Crippen MR) is 303 cm³/mol. The third-order valence-electron chi connectivity index (χ3n) is 16.5. The van der Waals surface area contributed by atoms with E-state index in [0.717, 1.165) is 113 Å². The Morgan fingerprint density at radius 2 is 0.442 bits per heavy atom. The molecule has 77 heavy (non-hydrogen) atoms. The van der Waals surface area contributed by atoms with Crippen LogP contribution >= 0.6 is 0 Å². The van der Waals surface area contributed by atoms with E-state index in [4.69, 9.17) is 0 Å². The van der Waals surface area contributed by atoms with Crippen molar-refractivity contribution in [2.24, 2.45) is 0 Å². The van der Waals surface area contributed by atoms with Gasteiger partial charge in [-0.05, 0) is 126 Å². The fraction of sp³-hybridized carbons (Fsp3) is 0.262. The van der Waals surface area contributed by atoms with Gasteiger partial charge >= 0.3 is 0 Å². The molecule has 0 bridgehead atoms. The van der Waals surface area contributed by atoms with Crippen LogP contribution < -0.4 is 0 Å². The highest BCUT2D eigenvalue weighted by atomic mass is 16.2. The Kier molecular flexibility index (Phi) is 11.9. The molecule has 0 saturated heterocycles. The first-order chi connectivity index (χ1) is 37.3. The van der Waals surface area contributed by atoms with E-state index in [1.54, 1.807) is 24.3 Å². The fourth-order valence-electron chi connectivity index (χ4n) is 12.7. The van der Waals surface area contributed by atoms with E-state index in [1.807, 2.05) is 72.8 Å². The van der Waals surface area contributed by atoms with E-state index >= 15 is 0 Å². The van der Waals surface area contributed by atoms with Crippen LogP contribution in [0.1, 0.15) is 168 Å². The normalized spacial score (nSPS) is 15.0. The molecule has 0 fully saturated rings. The number of carbonyl (C=O) groups is 8. The average Bonchev–Trinajstić information content (AvgIpc) is 3.54. The van der Waals surface area contributed by atoms with Gasteiger partial charge in [0.2, 0.25) is 0 Å². The number of unbranched alkanes of at least 4 members (excludes halogenated alkanes) is 6. The Morgan fingerprint density at radius 1 is 0.247 bits per heavy atom. The second-order valence-corrected chi connectivity index (χ2v) is 20.9. The van der Waals surface area contributed by atoms with Crippen LogP contribution in [-0.4, -0.2) is 94.0 Å². The van der Waals surface area contributed by atoms with Gasteiger partial charge in [-0.3, -0.25) is 58.0 Å². The van der Waals surface area contributed by atoms with Crippen LogP contribution in [0.5, 0.6) is 0 Å². The van der Waals surface area contributed by atoms with Crippen molar-refractivity contribution in [2.45, 2.75) is 85.5 Å². The average molecular weight is 1020 g/mol. The molecular weight excluding hydrogens is 965 g/mol. The van der Waals surface area contributed by atoms with E-state index in [-0.39, 0.29) is 47.3 Å². The molecule has 0 N–H and O–H groups in total. The quantitative estimate of drug-likeness (QED) is 0.0569. The molecule has 4 heterocycles. The van der Waals surface area contributed by atoms with Crippen LogP contribution in [0.15, 0.2) is 97.1 Å². The standard InChI is InChI=1S/2C30H22N2O4.C5H12/c2*1-3-4-5-14-32-29(35)21-12-8-17-15-6-10-19-25-20(28(34)31(2)27(19)33)11-7-16(23(15)25)18-9-13-22(30(32)36)26(21)24(17)18;1-3-5-4-2/h2*6-13H,3-5,14H2,1-2H3;3-5H2,1-2H3. The lowest BCUT2D eigenvalue weighted by molar-refractivity contribution is 0.0592. The zero-order valence-corrected chi connectivity index (χ0v) is 44.1. The summed E-state index contributed by atoms with van der Waals surface area (Å²) in [4.78, 5) is 111. The molecular formula is C65H56N4O8. The van der Waals surface area contributed by atoms with Crippen molar-refractivity contribution in [3.63, 3.8) is 0 Å². The topological polar surface area (TPSA) is 150 Å². The highest BCUT2D eigenvalue weighted by molar-refractivity contribution is 6.43. The monoisotopic (exact) mass is 1020 g/mol. The summed E-state index contributed by atoms with van der Waals surface area (Å²) in [6, 6.07) is 29.8. The number of benzene rings is 10. The molecule has 4 aliphatic heterocycles. The lowest BCUT2D eigenvalue weighted by Crippen LogP contribution is -2.40. The first kappa shape index (κ1) is 49.2. The van der Waals surface area contributed by atoms with Crippen molar-refractivity contribution >= 4 is 133 Å². The van der Waals surface area contributed by atoms with Gasteiger partial charge in [-0.25, -0.2) is 0 Å². The number of rotatable bonds is 10. The summed E-state index contributed by atoms with van der Waals surface area (Å²) in [6.45, 7) is 9.44. The summed E-state index contributed by atoms with van der Waals surface area (Å²) in [5, 5.41) is 13.4. The van der Waals surface area contributed by atoms with E-state index in [2.05, 4.69) is 27.7 Å². The first-order valence-electron chi connectivity index (χ1n) is 27.1. The Labute approximate surface area is 443 Å². The molecule has 14 rings (SSSR count). The van der Waals surface area contributed by atoms with Gasteiger partial charge in [0, 0.05) is 93.2 Å². The maximum absolute atomic E-state index is 13.4. The number of imide groups is 4. The molecule has 0 atom stereocenters. The highest BCUT2D eigenvalue weighted by Gasteiger charge is 2.38. The lowest BCUT2D eigenvalue weighted by Gasteiger charge is -2.29. The van der Waals surface area contributed by atoms with Crippen LogP contribution in [0.4, 0.5) is 0 Å². The zero-order chi connectivity index (χ0) is 53.9. The van der Waals surface area contributed by atoms with Crippen molar-refractivity contribution in [1.29, 1.82) is 0 Å². The van der Waals surface area contributed by atoms with Gasteiger partial charge in [0.25, 0.3) is 47.3 Å². The minimum absolute atomic E-state index is 0.248.